The van der Waals surface area contributed by atoms with Gasteiger partial charge >= 0.3 is 0 Å². The van der Waals surface area contributed by atoms with Crippen molar-refractivity contribution in [2.24, 2.45) is 0 Å². The van der Waals surface area contributed by atoms with Crippen molar-refractivity contribution in [2.45, 2.75) is 0 Å². The first-order valence-electron chi connectivity index (χ1n) is 23.1. The van der Waals surface area contributed by atoms with Gasteiger partial charge < -0.3 is 19.0 Å². The molecule has 0 saturated heterocycles. The van der Waals surface area contributed by atoms with Gasteiger partial charge in [-0.25, -0.2) is 0 Å². The standard InChI is InChI=1S/C64H42N2O2/c1-4-14-43(15-5-1)44-26-28-45(29-27-44)46-30-34-50(35-31-46)66(51-36-32-47(33-37-51)53-21-12-23-57-54-20-10-11-25-60(54)68-64(53)57)59-40-41-61-63-56(22-13-24-58(59)63)55-39-38-52(42-62(55)67-61)65(48-16-6-2-7-17-48)49-18-8-3-9-19-49/h1-42H. The molecule has 0 atom stereocenters. The van der Waals surface area contributed by atoms with E-state index in [0.717, 1.165) is 106 Å². The molecule has 13 rings (SSSR count). The Labute approximate surface area is 394 Å². The predicted molar refractivity (Wildman–Crippen MR) is 282 cm³/mol. The number of anilines is 6. The fourth-order valence-corrected chi connectivity index (χ4v) is 10.0. The maximum absolute atomic E-state index is 6.93. The molecule has 11 aromatic carbocycles. The van der Waals surface area contributed by atoms with Gasteiger partial charge in [-0.3, -0.25) is 0 Å². The van der Waals surface area contributed by atoms with Crippen LogP contribution in [0.1, 0.15) is 0 Å². The highest BCUT2D eigenvalue weighted by Crippen LogP contribution is 2.52. The molecule has 0 radical (unpaired) electrons. The van der Waals surface area contributed by atoms with Gasteiger partial charge in [0.25, 0.3) is 0 Å². The summed E-state index contributed by atoms with van der Waals surface area (Å²) in [7, 11) is 0. The van der Waals surface area contributed by atoms with Crippen molar-refractivity contribution in [1.29, 1.82) is 0 Å². The molecule has 1 aliphatic heterocycles. The van der Waals surface area contributed by atoms with Crippen molar-refractivity contribution in [2.75, 3.05) is 9.80 Å². The Morgan fingerprint density at radius 3 is 1.44 bits per heavy atom. The first kappa shape index (κ1) is 39.3. The second-order valence-corrected chi connectivity index (χ2v) is 17.3. The summed E-state index contributed by atoms with van der Waals surface area (Å²) in [5, 5.41) is 4.43. The monoisotopic (exact) mass is 870 g/mol. The maximum atomic E-state index is 6.93. The van der Waals surface area contributed by atoms with E-state index >= 15 is 0 Å². The van der Waals surface area contributed by atoms with Crippen LogP contribution in [-0.4, -0.2) is 0 Å². The van der Waals surface area contributed by atoms with Crippen LogP contribution < -0.4 is 14.5 Å². The van der Waals surface area contributed by atoms with Gasteiger partial charge in [-0.05, 0) is 112 Å². The molecule has 4 heteroatoms. The van der Waals surface area contributed by atoms with Crippen LogP contribution in [0.4, 0.5) is 34.1 Å². The van der Waals surface area contributed by atoms with E-state index in [0.29, 0.717) is 0 Å². The van der Waals surface area contributed by atoms with Crippen molar-refractivity contribution < 1.29 is 9.15 Å². The van der Waals surface area contributed by atoms with Gasteiger partial charge in [0.15, 0.2) is 0 Å². The lowest BCUT2D eigenvalue weighted by Crippen LogP contribution is -2.12. The summed E-state index contributed by atoms with van der Waals surface area (Å²) in [6.45, 7) is 0. The molecule has 12 aromatic rings. The summed E-state index contributed by atoms with van der Waals surface area (Å²) < 4.78 is 13.4. The molecular formula is C64H42N2O2. The Kier molecular flexibility index (Phi) is 9.47. The Morgan fingerprint density at radius 2 is 0.779 bits per heavy atom. The van der Waals surface area contributed by atoms with Gasteiger partial charge in [0.2, 0.25) is 0 Å². The van der Waals surface area contributed by atoms with Crippen LogP contribution in [0.3, 0.4) is 0 Å². The minimum Gasteiger partial charge on any atom is -0.456 e. The van der Waals surface area contributed by atoms with E-state index in [4.69, 9.17) is 9.15 Å². The molecule has 2 heterocycles. The lowest BCUT2D eigenvalue weighted by molar-refractivity contribution is 0.487. The first-order valence-corrected chi connectivity index (χ1v) is 23.1. The van der Waals surface area contributed by atoms with Crippen molar-refractivity contribution in [3.63, 3.8) is 0 Å². The van der Waals surface area contributed by atoms with E-state index in [-0.39, 0.29) is 0 Å². The summed E-state index contributed by atoms with van der Waals surface area (Å²) >= 11 is 0. The Balaban J connectivity index is 0.914. The van der Waals surface area contributed by atoms with E-state index in [1.807, 2.05) is 12.1 Å². The van der Waals surface area contributed by atoms with E-state index in [9.17, 15) is 0 Å². The van der Waals surface area contributed by atoms with Gasteiger partial charge in [0.1, 0.15) is 22.7 Å². The third kappa shape index (κ3) is 6.78. The topological polar surface area (TPSA) is 28.9 Å². The number of hydrogen-bond donors (Lipinski definition) is 0. The van der Waals surface area contributed by atoms with Gasteiger partial charge in [-0.1, -0.05) is 170 Å². The number of nitrogens with zero attached hydrogens (tertiary/aromatic N) is 2. The van der Waals surface area contributed by atoms with E-state index in [2.05, 4.69) is 252 Å². The predicted octanol–water partition coefficient (Wildman–Crippen LogP) is 18.5. The lowest BCUT2D eigenvalue weighted by atomic mass is 9.93. The van der Waals surface area contributed by atoms with E-state index in [1.165, 1.54) is 16.7 Å². The number of fused-ring (bicyclic) bond motifs is 5. The zero-order chi connectivity index (χ0) is 45.0. The molecule has 0 amide bonds. The van der Waals surface area contributed by atoms with Crippen molar-refractivity contribution in [3.8, 4) is 56.0 Å². The van der Waals surface area contributed by atoms with Gasteiger partial charge in [-0.15, -0.1) is 0 Å². The highest BCUT2D eigenvalue weighted by molar-refractivity contribution is 6.12. The van der Waals surface area contributed by atoms with Gasteiger partial charge in [0.05, 0.1) is 5.69 Å². The largest absolute Gasteiger partial charge is 0.456 e. The number of furan rings is 1. The molecule has 320 valence electrons. The molecule has 0 spiro atoms. The normalized spacial score (nSPS) is 11.6. The van der Waals surface area contributed by atoms with Crippen LogP contribution >= 0.6 is 0 Å². The minimum atomic E-state index is 0.825. The average molecular weight is 871 g/mol. The van der Waals surface area contributed by atoms with Crippen LogP contribution in [0.2, 0.25) is 0 Å². The molecule has 1 aromatic heterocycles. The first-order chi connectivity index (χ1) is 33.7. The van der Waals surface area contributed by atoms with E-state index < -0.39 is 0 Å². The fourth-order valence-electron chi connectivity index (χ4n) is 10.0. The molecule has 0 saturated carbocycles. The molecule has 0 aliphatic carbocycles. The van der Waals surface area contributed by atoms with Crippen LogP contribution in [-0.2, 0) is 0 Å². The highest BCUT2D eigenvalue weighted by Gasteiger charge is 2.26. The number of para-hydroxylation sites is 4. The third-order valence-corrected chi connectivity index (χ3v) is 13.3. The molecule has 0 bridgehead atoms. The van der Waals surface area contributed by atoms with Crippen LogP contribution in [0.15, 0.2) is 259 Å². The zero-order valence-corrected chi connectivity index (χ0v) is 37.0. The summed E-state index contributed by atoms with van der Waals surface area (Å²) in [6.07, 6.45) is 0. The quantitative estimate of drug-likeness (QED) is 0.144. The van der Waals surface area contributed by atoms with Gasteiger partial charge in [0, 0.05) is 67.2 Å². The third-order valence-electron chi connectivity index (χ3n) is 13.3. The summed E-state index contributed by atoms with van der Waals surface area (Å²) in [5.41, 5.74) is 17.2. The van der Waals surface area contributed by atoms with Crippen molar-refractivity contribution in [1.82, 2.24) is 0 Å². The molecule has 4 nitrogen and oxygen atoms in total. The lowest BCUT2D eigenvalue weighted by Gasteiger charge is -2.30. The smallest absolute Gasteiger partial charge is 0.143 e. The Morgan fingerprint density at radius 1 is 0.279 bits per heavy atom. The number of hydrogen-bond acceptors (Lipinski definition) is 4. The number of ether oxygens (including phenoxy) is 1. The second-order valence-electron chi connectivity index (χ2n) is 17.3. The Hall–Kier alpha value is -9.12. The SMILES string of the molecule is c1ccc(-c2ccc(-c3ccc(N(c4ccc(-c5cccc6c5oc5ccccc56)cc4)c4ccc5c6c(cccc46)-c4ccc(N(c6ccccc6)c6ccccc6)cc4O5)cc3)cc2)cc1. The molecule has 0 fully saturated rings. The van der Waals surface area contributed by atoms with E-state index in [1.54, 1.807) is 0 Å². The highest BCUT2D eigenvalue weighted by atomic mass is 16.5. The molecule has 68 heavy (non-hydrogen) atoms. The second kappa shape index (κ2) is 16.4. The average Bonchev–Trinajstić information content (AvgIpc) is 3.80. The Bertz CT molecular complexity index is 3750. The number of rotatable bonds is 9. The van der Waals surface area contributed by atoms with Crippen molar-refractivity contribution in [3.05, 3.63) is 255 Å². The van der Waals surface area contributed by atoms with Crippen LogP contribution in [0, 0.1) is 0 Å². The summed E-state index contributed by atoms with van der Waals surface area (Å²) in [4.78, 5) is 4.64. The molecule has 1 aliphatic rings. The maximum Gasteiger partial charge on any atom is 0.143 e. The molecule has 0 N–H and O–H groups in total. The minimum absolute atomic E-state index is 0.825. The number of benzene rings is 11. The molecule has 0 unspecified atom stereocenters. The van der Waals surface area contributed by atoms with Crippen LogP contribution in [0.5, 0.6) is 11.5 Å². The molecular weight excluding hydrogens is 829 g/mol. The summed E-state index contributed by atoms with van der Waals surface area (Å²) in [5.74, 6) is 1.66. The summed E-state index contributed by atoms with van der Waals surface area (Å²) in [6, 6.07) is 90.3. The van der Waals surface area contributed by atoms with Crippen LogP contribution in [0.25, 0.3) is 77.2 Å². The van der Waals surface area contributed by atoms with Gasteiger partial charge in [-0.2, -0.15) is 0 Å². The van der Waals surface area contributed by atoms with Crippen molar-refractivity contribution >= 4 is 66.8 Å². The zero-order valence-electron chi connectivity index (χ0n) is 37.0. The fraction of sp³-hybridized carbons (Fsp3) is 0.